The van der Waals surface area contributed by atoms with E-state index in [2.05, 4.69) is 5.16 Å². The minimum Gasteiger partial charge on any atom is -0.411 e. The molecule has 1 atom stereocenters. The molecule has 0 aromatic rings. The van der Waals surface area contributed by atoms with Crippen LogP contribution in [0.4, 0.5) is 8.78 Å². The summed E-state index contributed by atoms with van der Waals surface area (Å²) in [5.74, 6) is 0.132. The van der Waals surface area contributed by atoms with E-state index in [1.165, 1.54) is 0 Å². The molecule has 0 bridgehead atoms. The van der Waals surface area contributed by atoms with Gasteiger partial charge in [0.2, 0.25) is 0 Å². The Labute approximate surface area is 82.4 Å². The fourth-order valence-electron chi connectivity index (χ4n) is 1.84. The molecule has 0 spiro atoms. The minimum atomic E-state index is -2.28. The number of rotatable bonds is 3. The van der Waals surface area contributed by atoms with Gasteiger partial charge < -0.3 is 5.21 Å². The molecule has 5 heteroatoms. The Kier molecular flexibility index (Phi) is 4.25. The monoisotopic (exact) mass is 206 g/mol. The van der Waals surface area contributed by atoms with Crippen molar-refractivity contribution in [3.8, 4) is 0 Å². The molecule has 1 fully saturated rings. The molecule has 1 rings (SSSR count). The van der Waals surface area contributed by atoms with E-state index in [0.717, 1.165) is 12.1 Å². The van der Waals surface area contributed by atoms with Crippen molar-refractivity contribution in [1.29, 1.82) is 0 Å². The van der Waals surface area contributed by atoms with Crippen LogP contribution in [0.15, 0.2) is 5.16 Å². The third-order valence-corrected chi connectivity index (χ3v) is 2.65. The molecule has 0 aromatic carbocycles. The number of piperidine rings is 1. The molecule has 1 heterocycles. The smallest absolute Gasteiger partial charge is 0.251 e. The van der Waals surface area contributed by atoms with E-state index in [0.29, 0.717) is 19.5 Å². The van der Waals surface area contributed by atoms with Gasteiger partial charge >= 0.3 is 0 Å². The topological polar surface area (TPSA) is 35.8 Å². The van der Waals surface area contributed by atoms with Crippen molar-refractivity contribution in [2.24, 2.45) is 11.1 Å². The van der Waals surface area contributed by atoms with E-state index >= 15 is 0 Å². The minimum absolute atomic E-state index is 0.132. The molecule has 82 valence electrons. The van der Waals surface area contributed by atoms with Gasteiger partial charge in [-0.2, -0.15) is 0 Å². The SMILES string of the molecule is CCC1CN(CC(F)F)CC/C1=N\O. The molecule has 0 saturated carbocycles. The van der Waals surface area contributed by atoms with Crippen LogP contribution in [0.2, 0.25) is 0 Å². The highest BCUT2D eigenvalue weighted by Gasteiger charge is 2.25. The number of alkyl halides is 2. The highest BCUT2D eigenvalue weighted by atomic mass is 19.3. The summed E-state index contributed by atoms with van der Waals surface area (Å²) in [7, 11) is 0. The normalized spacial score (nSPS) is 27.4. The van der Waals surface area contributed by atoms with E-state index in [1.54, 1.807) is 4.90 Å². The van der Waals surface area contributed by atoms with Gasteiger partial charge in [0.25, 0.3) is 6.43 Å². The van der Waals surface area contributed by atoms with Crippen LogP contribution in [0.3, 0.4) is 0 Å². The van der Waals surface area contributed by atoms with Crippen molar-refractivity contribution in [3.63, 3.8) is 0 Å². The molecule has 1 aliphatic heterocycles. The van der Waals surface area contributed by atoms with Crippen LogP contribution in [-0.2, 0) is 0 Å². The fourth-order valence-corrected chi connectivity index (χ4v) is 1.84. The maximum atomic E-state index is 12.1. The summed E-state index contributed by atoms with van der Waals surface area (Å²) in [5.41, 5.74) is 0.748. The zero-order chi connectivity index (χ0) is 10.6. The van der Waals surface area contributed by atoms with Crippen LogP contribution in [0, 0.1) is 5.92 Å². The Morgan fingerprint density at radius 2 is 2.36 bits per heavy atom. The second-order valence-electron chi connectivity index (χ2n) is 3.60. The van der Waals surface area contributed by atoms with Crippen LogP contribution in [0.5, 0.6) is 0 Å². The molecular weight excluding hydrogens is 190 g/mol. The first kappa shape index (κ1) is 11.4. The molecule has 0 amide bonds. The van der Waals surface area contributed by atoms with Gasteiger partial charge in [0.15, 0.2) is 0 Å². The molecule has 1 aliphatic rings. The van der Waals surface area contributed by atoms with Crippen molar-refractivity contribution in [2.45, 2.75) is 26.2 Å². The number of hydrogen-bond donors (Lipinski definition) is 1. The van der Waals surface area contributed by atoms with Crippen LogP contribution in [0.1, 0.15) is 19.8 Å². The largest absolute Gasteiger partial charge is 0.411 e. The lowest BCUT2D eigenvalue weighted by atomic mass is 9.93. The van der Waals surface area contributed by atoms with Crippen LogP contribution in [-0.4, -0.2) is 41.9 Å². The summed E-state index contributed by atoms with van der Waals surface area (Å²) >= 11 is 0. The molecular formula is C9H16F2N2O. The van der Waals surface area contributed by atoms with E-state index in [-0.39, 0.29) is 12.5 Å². The van der Waals surface area contributed by atoms with Crippen molar-refractivity contribution in [1.82, 2.24) is 4.90 Å². The summed E-state index contributed by atoms with van der Waals surface area (Å²) in [4.78, 5) is 1.73. The summed E-state index contributed by atoms with van der Waals surface area (Å²) in [6, 6.07) is 0. The van der Waals surface area contributed by atoms with Gasteiger partial charge in [-0.3, -0.25) is 4.90 Å². The molecule has 1 unspecified atom stereocenters. The van der Waals surface area contributed by atoms with Crippen molar-refractivity contribution >= 4 is 5.71 Å². The summed E-state index contributed by atoms with van der Waals surface area (Å²) in [6.45, 7) is 2.96. The summed E-state index contributed by atoms with van der Waals surface area (Å²) in [6.07, 6.45) is -0.846. The predicted octanol–water partition coefficient (Wildman–Crippen LogP) is 1.81. The summed E-state index contributed by atoms with van der Waals surface area (Å²) < 4.78 is 24.2. The number of hydrogen-bond acceptors (Lipinski definition) is 3. The van der Waals surface area contributed by atoms with Gasteiger partial charge in [0.1, 0.15) is 0 Å². The van der Waals surface area contributed by atoms with Gasteiger partial charge in [-0.25, -0.2) is 8.78 Å². The summed E-state index contributed by atoms with van der Waals surface area (Å²) in [5, 5.41) is 11.9. The van der Waals surface area contributed by atoms with Crippen LogP contribution >= 0.6 is 0 Å². The first-order valence-corrected chi connectivity index (χ1v) is 4.88. The Balaban J connectivity index is 2.48. The van der Waals surface area contributed by atoms with E-state index in [4.69, 9.17) is 5.21 Å². The van der Waals surface area contributed by atoms with Gasteiger partial charge in [0, 0.05) is 25.4 Å². The number of nitrogens with zero attached hydrogens (tertiary/aromatic N) is 2. The van der Waals surface area contributed by atoms with Crippen LogP contribution in [0.25, 0.3) is 0 Å². The Morgan fingerprint density at radius 3 is 2.86 bits per heavy atom. The second kappa shape index (κ2) is 5.24. The third-order valence-electron chi connectivity index (χ3n) is 2.65. The highest BCUT2D eigenvalue weighted by Crippen LogP contribution is 2.17. The van der Waals surface area contributed by atoms with Crippen molar-refractivity contribution in [2.75, 3.05) is 19.6 Å². The number of halogens is 2. The second-order valence-corrected chi connectivity index (χ2v) is 3.60. The van der Waals surface area contributed by atoms with E-state index in [9.17, 15) is 8.78 Å². The maximum absolute atomic E-state index is 12.1. The zero-order valence-corrected chi connectivity index (χ0v) is 8.29. The van der Waals surface area contributed by atoms with Gasteiger partial charge in [-0.1, -0.05) is 12.1 Å². The Bertz CT molecular complexity index is 209. The predicted molar refractivity (Wildman–Crippen MR) is 50.1 cm³/mol. The third kappa shape index (κ3) is 2.90. The molecule has 3 nitrogen and oxygen atoms in total. The molecule has 0 radical (unpaired) electrons. The zero-order valence-electron chi connectivity index (χ0n) is 8.29. The first-order chi connectivity index (χ1) is 6.67. The quantitative estimate of drug-likeness (QED) is 0.564. The van der Waals surface area contributed by atoms with E-state index in [1.807, 2.05) is 6.92 Å². The molecule has 0 aromatic heterocycles. The fraction of sp³-hybridized carbons (Fsp3) is 0.889. The lowest BCUT2D eigenvalue weighted by molar-refractivity contribution is 0.0802. The van der Waals surface area contributed by atoms with Crippen molar-refractivity contribution in [3.05, 3.63) is 0 Å². The Morgan fingerprint density at radius 1 is 1.64 bits per heavy atom. The van der Waals surface area contributed by atoms with E-state index < -0.39 is 6.43 Å². The Hall–Kier alpha value is -0.710. The lowest BCUT2D eigenvalue weighted by Crippen LogP contribution is -2.42. The molecule has 14 heavy (non-hydrogen) atoms. The van der Waals surface area contributed by atoms with Crippen LogP contribution < -0.4 is 0 Å². The molecule has 0 aliphatic carbocycles. The van der Waals surface area contributed by atoms with Gasteiger partial charge in [-0.15, -0.1) is 0 Å². The number of likely N-dealkylation sites (tertiary alicyclic amines) is 1. The average molecular weight is 206 g/mol. The van der Waals surface area contributed by atoms with Crippen molar-refractivity contribution < 1.29 is 14.0 Å². The maximum Gasteiger partial charge on any atom is 0.251 e. The first-order valence-electron chi connectivity index (χ1n) is 4.88. The standard InChI is InChI=1S/C9H16F2N2O/c1-2-7-5-13(6-9(10)11)4-3-8(7)12-14/h7,9,14H,2-6H2,1H3/b12-8+. The molecule has 1 saturated heterocycles. The average Bonchev–Trinajstić information content (AvgIpc) is 2.16. The number of oxime groups is 1. The molecule has 1 N–H and O–H groups in total. The highest BCUT2D eigenvalue weighted by molar-refractivity contribution is 5.87. The van der Waals surface area contributed by atoms with Gasteiger partial charge in [0.05, 0.1) is 12.3 Å². The lowest BCUT2D eigenvalue weighted by Gasteiger charge is -2.32. The van der Waals surface area contributed by atoms with Gasteiger partial charge in [-0.05, 0) is 6.42 Å².